The van der Waals surface area contributed by atoms with Crippen LogP contribution in [0.2, 0.25) is 0 Å². The molecule has 1 aliphatic rings. The van der Waals surface area contributed by atoms with Crippen LogP contribution in [0.25, 0.3) is 11.3 Å². The predicted molar refractivity (Wildman–Crippen MR) is 103 cm³/mol. The molecule has 1 fully saturated rings. The Morgan fingerprint density at radius 2 is 1.59 bits per heavy atom. The van der Waals surface area contributed by atoms with Crippen molar-refractivity contribution in [3.63, 3.8) is 0 Å². The Morgan fingerprint density at radius 3 is 2.22 bits per heavy atom. The third-order valence-corrected chi connectivity index (χ3v) is 5.04. The number of carbonyl (C=O) groups is 1. The van der Waals surface area contributed by atoms with Gasteiger partial charge in [-0.15, -0.1) is 10.2 Å². The van der Waals surface area contributed by atoms with Crippen LogP contribution in [0.5, 0.6) is 0 Å². The quantitative estimate of drug-likeness (QED) is 0.647. The molecule has 0 unspecified atom stereocenters. The molecular weight excluding hydrogens is 341 g/mol. The summed E-state index contributed by atoms with van der Waals surface area (Å²) in [7, 11) is 0. The molecule has 0 atom stereocenters. The highest BCUT2D eigenvalue weighted by Crippen LogP contribution is 2.25. The number of carbonyl (C=O) groups excluding carboxylic acids is 1. The van der Waals surface area contributed by atoms with Crippen molar-refractivity contribution in [2.75, 3.05) is 18.0 Å². The minimum Gasteiger partial charge on any atom is -0.355 e. The summed E-state index contributed by atoms with van der Waals surface area (Å²) in [6.07, 6.45) is 1.52. The van der Waals surface area contributed by atoms with Crippen LogP contribution in [0.4, 0.5) is 10.2 Å². The number of halogens is 1. The van der Waals surface area contributed by atoms with E-state index in [0.29, 0.717) is 5.56 Å². The molecule has 1 aliphatic heterocycles. The van der Waals surface area contributed by atoms with Crippen LogP contribution >= 0.6 is 0 Å². The molecule has 0 bridgehead atoms. The maximum absolute atomic E-state index is 13.0. The van der Waals surface area contributed by atoms with Crippen molar-refractivity contribution in [1.82, 2.24) is 10.2 Å². The Morgan fingerprint density at radius 1 is 0.889 bits per heavy atom. The number of piperidine rings is 1. The number of anilines is 1. The summed E-state index contributed by atoms with van der Waals surface area (Å²) < 4.78 is 13.0. The van der Waals surface area contributed by atoms with Gasteiger partial charge in [0.1, 0.15) is 5.82 Å². The van der Waals surface area contributed by atoms with E-state index in [2.05, 4.69) is 15.1 Å². The number of ketones is 1. The molecule has 1 aromatic heterocycles. The summed E-state index contributed by atoms with van der Waals surface area (Å²) in [5.74, 6) is 0.588. The van der Waals surface area contributed by atoms with Crippen LogP contribution in [0.1, 0.15) is 23.2 Å². The average molecular weight is 361 g/mol. The van der Waals surface area contributed by atoms with Crippen LogP contribution < -0.4 is 4.90 Å². The molecule has 0 aliphatic carbocycles. The average Bonchev–Trinajstić information content (AvgIpc) is 2.75. The molecule has 136 valence electrons. The maximum Gasteiger partial charge on any atom is 0.166 e. The number of rotatable bonds is 4. The van der Waals surface area contributed by atoms with Crippen molar-refractivity contribution in [3.05, 3.63) is 78.1 Å². The van der Waals surface area contributed by atoms with Crippen LogP contribution in [-0.2, 0) is 0 Å². The second-order valence-electron chi connectivity index (χ2n) is 6.78. The van der Waals surface area contributed by atoms with Crippen molar-refractivity contribution in [1.29, 1.82) is 0 Å². The van der Waals surface area contributed by atoms with Crippen LogP contribution in [-0.4, -0.2) is 29.1 Å². The van der Waals surface area contributed by atoms with E-state index >= 15 is 0 Å². The zero-order valence-corrected chi connectivity index (χ0v) is 14.9. The largest absolute Gasteiger partial charge is 0.355 e. The first-order valence-corrected chi connectivity index (χ1v) is 9.14. The summed E-state index contributed by atoms with van der Waals surface area (Å²) in [5, 5.41) is 8.71. The highest BCUT2D eigenvalue weighted by Gasteiger charge is 2.26. The summed E-state index contributed by atoms with van der Waals surface area (Å²) in [6.45, 7) is 1.52. The van der Waals surface area contributed by atoms with Crippen LogP contribution in [0, 0.1) is 11.7 Å². The molecule has 27 heavy (non-hydrogen) atoms. The van der Waals surface area contributed by atoms with Gasteiger partial charge >= 0.3 is 0 Å². The fraction of sp³-hybridized carbons (Fsp3) is 0.227. The Kier molecular flexibility index (Phi) is 4.92. The van der Waals surface area contributed by atoms with E-state index in [1.54, 1.807) is 12.1 Å². The normalized spacial score (nSPS) is 14.9. The zero-order chi connectivity index (χ0) is 18.6. The van der Waals surface area contributed by atoms with Crippen molar-refractivity contribution < 1.29 is 9.18 Å². The van der Waals surface area contributed by atoms with E-state index in [-0.39, 0.29) is 17.5 Å². The zero-order valence-electron chi connectivity index (χ0n) is 14.9. The van der Waals surface area contributed by atoms with E-state index in [4.69, 9.17) is 0 Å². The van der Waals surface area contributed by atoms with E-state index in [1.807, 2.05) is 42.5 Å². The van der Waals surface area contributed by atoms with Crippen molar-refractivity contribution in [3.8, 4) is 11.3 Å². The number of Topliss-reactive ketones (excluding diaryl/α,β-unsaturated/α-hetero) is 1. The molecule has 4 nitrogen and oxygen atoms in total. The van der Waals surface area contributed by atoms with Crippen LogP contribution in [0.3, 0.4) is 0 Å². The first-order chi connectivity index (χ1) is 13.2. The predicted octanol–water partition coefficient (Wildman–Crippen LogP) is 4.38. The van der Waals surface area contributed by atoms with Gasteiger partial charge in [0.2, 0.25) is 0 Å². The van der Waals surface area contributed by atoms with Crippen molar-refractivity contribution in [2.45, 2.75) is 12.8 Å². The third-order valence-electron chi connectivity index (χ3n) is 5.04. The summed E-state index contributed by atoms with van der Waals surface area (Å²) in [5.41, 5.74) is 2.47. The topological polar surface area (TPSA) is 46.1 Å². The van der Waals surface area contributed by atoms with Gasteiger partial charge in [-0.3, -0.25) is 4.79 Å². The lowest BCUT2D eigenvalue weighted by Gasteiger charge is -2.31. The molecule has 1 saturated heterocycles. The lowest BCUT2D eigenvalue weighted by atomic mass is 9.89. The first-order valence-electron chi connectivity index (χ1n) is 9.14. The minimum absolute atomic E-state index is 0.0248. The monoisotopic (exact) mass is 361 g/mol. The number of aromatic nitrogens is 2. The molecule has 5 heteroatoms. The van der Waals surface area contributed by atoms with E-state index in [0.717, 1.165) is 43.0 Å². The molecule has 0 amide bonds. The smallest absolute Gasteiger partial charge is 0.166 e. The van der Waals surface area contributed by atoms with Gasteiger partial charge in [0, 0.05) is 30.1 Å². The number of hydrogen-bond donors (Lipinski definition) is 0. The van der Waals surface area contributed by atoms with Gasteiger partial charge in [-0.1, -0.05) is 30.3 Å². The molecule has 0 radical (unpaired) electrons. The lowest BCUT2D eigenvalue weighted by molar-refractivity contribution is 0.0900. The molecule has 0 N–H and O–H groups in total. The highest BCUT2D eigenvalue weighted by molar-refractivity contribution is 5.97. The first kappa shape index (κ1) is 17.3. The highest BCUT2D eigenvalue weighted by atomic mass is 19.1. The number of benzene rings is 2. The van der Waals surface area contributed by atoms with Gasteiger partial charge in [-0.25, -0.2) is 4.39 Å². The third kappa shape index (κ3) is 3.87. The Labute approximate surface area is 157 Å². The van der Waals surface area contributed by atoms with Gasteiger partial charge < -0.3 is 4.90 Å². The number of nitrogens with zero attached hydrogens (tertiary/aromatic N) is 3. The SMILES string of the molecule is O=C(c1ccc(F)cc1)C1CCN(c2ccc(-c3ccccc3)nn2)CC1. The fourth-order valence-electron chi connectivity index (χ4n) is 3.48. The number of hydrogen-bond acceptors (Lipinski definition) is 4. The van der Waals surface area contributed by atoms with Gasteiger partial charge in [-0.05, 0) is 49.2 Å². The van der Waals surface area contributed by atoms with Crippen LogP contribution in [0.15, 0.2) is 66.7 Å². The van der Waals surface area contributed by atoms with E-state index in [9.17, 15) is 9.18 Å². The van der Waals surface area contributed by atoms with Crippen molar-refractivity contribution in [2.24, 2.45) is 5.92 Å². The standard InChI is InChI=1S/C22H20FN3O/c23-19-8-6-17(7-9-19)22(27)18-12-14-26(15-13-18)21-11-10-20(24-25-21)16-4-2-1-3-5-16/h1-11,18H,12-15H2. The molecule has 0 spiro atoms. The Balaban J connectivity index is 1.39. The molecule has 2 aromatic carbocycles. The minimum atomic E-state index is -0.320. The molecule has 2 heterocycles. The second kappa shape index (κ2) is 7.66. The molecule has 3 aromatic rings. The second-order valence-corrected chi connectivity index (χ2v) is 6.78. The van der Waals surface area contributed by atoms with Gasteiger partial charge in [0.15, 0.2) is 11.6 Å². The Bertz CT molecular complexity index is 903. The summed E-state index contributed by atoms with van der Waals surface area (Å²) in [6, 6.07) is 19.7. The lowest BCUT2D eigenvalue weighted by Crippen LogP contribution is -2.37. The van der Waals surface area contributed by atoms with Crippen molar-refractivity contribution >= 4 is 11.6 Å². The van der Waals surface area contributed by atoms with E-state index in [1.165, 1.54) is 12.1 Å². The summed E-state index contributed by atoms with van der Waals surface area (Å²) in [4.78, 5) is 14.7. The van der Waals surface area contributed by atoms with Gasteiger partial charge in [-0.2, -0.15) is 0 Å². The van der Waals surface area contributed by atoms with Gasteiger partial charge in [0.05, 0.1) is 5.69 Å². The maximum atomic E-state index is 13.0. The Hall–Kier alpha value is -3.08. The fourth-order valence-corrected chi connectivity index (χ4v) is 3.48. The van der Waals surface area contributed by atoms with Gasteiger partial charge in [0.25, 0.3) is 0 Å². The molecule has 0 saturated carbocycles. The van der Waals surface area contributed by atoms with E-state index < -0.39 is 0 Å². The summed E-state index contributed by atoms with van der Waals surface area (Å²) >= 11 is 0. The molecular formula is C22H20FN3O. The molecule has 4 rings (SSSR count).